The summed E-state index contributed by atoms with van der Waals surface area (Å²) in [7, 11) is 0. The Morgan fingerprint density at radius 3 is 2.61 bits per heavy atom. The van der Waals surface area contributed by atoms with Crippen LogP contribution in [0.3, 0.4) is 0 Å². The fourth-order valence-electron chi connectivity index (χ4n) is 2.73. The van der Waals surface area contributed by atoms with E-state index in [9.17, 15) is 4.79 Å². The Morgan fingerprint density at radius 1 is 1.26 bits per heavy atom. The van der Waals surface area contributed by atoms with Crippen LogP contribution in [0.25, 0.3) is 0 Å². The number of nitrogen functional groups attached to an aromatic ring is 1. The zero-order valence-corrected chi connectivity index (χ0v) is 14.2. The summed E-state index contributed by atoms with van der Waals surface area (Å²) >= 11 is 3.51. The second kappa shape index (κ2) is 6.04. The highest BCUT2D eigenvalue weighted by Gasteiger charge is 2.26. The minimum atomic E-state index is -0.558. The minimum absolute atomic E-state index is 0.112. The minimum Gasteiger partial charge on any atom is -0.399 e. The number of hydrogen-bond donors (Lipinski definition) is 2. The first kappa shape index (κ1) is 15.6. The molecule has 1 aliphatic heterocycles. The molecule has 0 spiro atoms. The highest BCUT2D eigenvalue weighted by atomic mass is 79.9. The van der Waals surface area contributed by atoms with E-state index in [0.717, 1.165) is 21.2 Å². The summed E-state index contributed by atoms with van der Waals surface area (Å²) in [5.41, 5.74) is 15.7. The number of hydrogen-bond acceptors (Lipinski definition) is 3. The molecule has 1 aliphatic rings. The highest BCUT2D eigenvalue weighted by Crippen LogP contribution is 2.26. The van der Waals surface area contributed by atoms with E-state index in [1.165, 1.54) is 5.01 Å². The molecule has 0 aromatic heterocycles. The van der Waals surface area contributed by atoms with Crippen molar-refractivity contribution in [3.8, 4) is 0 Å². The van der Waals surface area contributed by atoms with Crippen LogP contribution in [-0.2, 0) is 6.42 Å². The van der Waals surface area contributed by atoms with E-state index in [2.05, 4.69) is 21.0 Å². The van der Waals surface area contributed by atoms with Crippen molar-refractivity contribution in [3.05, 3.63) is 63.6 Å². The summed E-state index contributed by atoms with van der Waals surface area (Å²) in [6, 6.07) is 12.8. The van der Waals surface area contributed by atoms with Crippen molar-refractivity contribution >= 4 is 33.4 Å². The first-order valence-corrected chi connectivity index (χ1v) is 8.07. The van der Waals surface area contributed by atoms with Crippen LogP contribution >= 0.6 is 15.9 Å². The van der Waals surface area contributed by atoms with E-state index in [-0.39, 0.29) is 6.04 Å². The second-order valence-electron chi connectivity index (χ2n) is 5.61. The smallest absolute Gasteiger partial charge is 0.335 e. The number of nitrogens with zero attached hydrogens (tertiary/aromatic N) is 2. The molecule has 3 rings (SSSR count). The maximum absolute atomic E-state index is 11.8. The zero-order chi connectivity index (χ0) is 16.6. The molecule has 4 N–H and O–H groups in total. The van der Waals surface area contributed by atoms with Gasteiger partial charge in [0.15, 0.2) is 0 Å². The van der Waals surface area contributed by atoms with Crippen LogP contribution in [0, 0.1) is 0 Å². The Kier molecular flexibility index (Phi) is 4.09. The summed E-state index contributed by atoms with van der Waals surface area (Å²) in [5.74, 6) is 0. The van der Waals surface area contributed by atoms with Gasteiger partial charge in [0.1, 0.15) is 0 Å². The maximum atomic E-state index is 11.8. The summed E-state index contributed by atoms with van der Waals surface area (Å²) in [4.78, 5) is 11.8. The van der Waals surface area contributed by atoms with E-state index >= 15 is 0 Å². The van der Waals surface area contributed by atoms with Crippen LogP contribution in [0.2, 0.25) is 0 Å². The van der Waals surface area contributed by atoms with Gasteiger partial charge in [0.25, 0.3) is 0 Å². The Hall–Kier alpha value is -2.34. The first-order valence-electron chi connectivity index (χ1n) is 7.27. The molecule has 0 radical (unpaired) electrons. The fourth-order valence-corrected chi connectivity index (χ4v) is 3.09. The lowest BCUT2D eigenvalue weighted by atomic mass is 9.95. The van der Waals surface area contributed by atoms with Crippen molar-refractivity contribution in [1.82, 2.24) is 5.01 Å². The molecule has 5 nitrogen and oxygen atoms in total. The standard InChI is InChI=1S/C17H17BrN4O/c1-10-8-12-2-5-13(18)9-15(12)16(21-22(10)17(20)23)11-3-6-14(19)7-4-11/h2-7,9-10H,8,19H2,1H3,(H2,20,23). The molecule has 23 heavy (non-hydrogen) atoms. The van der Waals surface area contributed by atoms with Crippen LogP contribution in [0.1, 0.15) is 23.6 Å². The molecule has 0 saturated heterocycles. The van der Waals surface area contributed by atoms with Gasteiger partial charge >= 0.3 is 6.03 Å². The number of amides is 2. The number of carbonyl (C=O) groups is 1. The Balaban J connectivity index is 2.22. The Morgan fingerprint density at radius 2 is 1.96 bits per heavy atom. The number of fused-ring (bicyclic) bond motifs is 1. The van der Waals surface area contributed by atoms with Crippen molar-refractivity contribution in [3.63, 3.8) is 0 Å². The van der Waals surface area contributed by atoms with Crippen molar-refractivity contribution in [1.29, 1.82) is 0 Å². The molecule has 1 unspecified atom stereocenters. The molecule has 0 bridgehead atoms. The largest absolute Gasteiger partial charge is 0.399 e. The topological polar surface area (TPSA) is 84.7 Å². The number of anilines is 1. The Bertz CT molecular complexity index is 786. The van der Waals surface area contributed by atoms with Gasteiger partial charge < -0.3 is 11.5 Å². The van der Waals surface area contributed by atoms with Gasteiger partial charge in [0, 0.05) is 21.3 Å². The lowest BCUT2D eigenvalue weighted by Gasteiger charge is -2.20. The molecule has 2 aromatic rings. The number of nitrogens with two attached hydrogens (primary N) is 2. The van der Waals surface area contributed by atoms with Gasteiger partial charge in [-0.05, 0) is 43.2 Å². The number of hydrazone groups is 1. The van der Waals surface area contributed by atoms with E-state index in [1.54, 1.807) is 0 Å². The number of halogens is 1. The van der Waals surface area contributed by atoms with Crippen molar-refractivity contribution in [2.75, 3.05) is 5.73 Å². The van der Waals surface area contributed by atoms with Crippen LogP contribution < -0.4 is 11.5 Å². The third-order valence-corrected chi connectivity index (χ3v) is 4.37. The number of rotatable bonds is 1. The lowest BCUT2D eigenvalue weighted by Crippen LogP contribution is -2.39. The number of urea groups is 1. The second-order valence-corrected chi connectivity index (χ2v) is 6.52. The van der Waals surface area contributed by atoms with Gasteiger partial charge in [-0.3, -0.25) is 0 Å². The molecule has 1 heterocycles. The van der Waals surface area contributed by atoms with Crippen molar-refractivity contribution in [2.45, 2.75) is 19.4 Å². The van der Waals surface area contributed by atoms with Gasteiger partial charge in [-0.1, -0.05) is 34.1 Å². The number of carbonyl (C=O) groups excluding carboxylic acids is 1. The van der Waals surface area contributed by atoms with E-state index in [4.69, 9.17) is 11.5 Å². The molecule has 6 heteroatoms. The Labute approximate surface area is 143 Å². The highest BCUT2D eigenvalue weighted by molar-refractivity contribution is 9.10. The van der Waals surface area contributed by atoms with Gasteiger partial charge in [-0.25, -0.2) is 9.80 Å². The molecule has 2 amide bonds. The quantitative estimate of drug-likeness (QED) is 0.753. The van der Waals surface area contributed by atoms with Crippen molar-refractivity contribution < 1.29 is 4.79 Å². The van der Waals surface area contributed by atoms with Crippen molar-refractivity contribution in [2.24, 2.45) is 10.8 Å². The van der Waals surface area contributed by atoms with Crippen LogP contribution in [-0.4, -0.2) is 22.8 Å². The molecule has 0 aliphatic carbocycles. The summed E-state index contributed by atoms with van der Waals surface area (Å²) in [5, 5.41) is 5.90. The fraction of sp³-hybridized carbons (Fsp3) is 0.176. The first-order chi connectivity index (χ1) is 11.0. The predicted octanol–water partition coefficient (Wildman–Crippen LogP) is 3.11. The average Bonchev–Trinajstić information content (AvgIpc) is 2.64. The zero-order valence-electron chi connectivity index (χ0n) is 12.7. The molecule has 0 fully saturated rings. The number of primary amides is 1. The monoisotopic (exact) mass is 372 g/mol. The maximum Gasteiger partial charge on any atom is 0.335 e. The van der Waals surface area contributed by atoms with Gasteiger partial charge in [0.05, 0.1) is 11.8 Å². The lowest BCUT2D eigenvalue weighted by molar-refractivity contribution is 0.192. The molecular formula is C17H17BrN4O. The summed E-state index contributed by atoms with van der Waals surface area (Å²) in [6.07, 6.45) is 0.688. The molecule has 2 aromatic carbocycles. The van der Waals surface area contributed by atoms with Crippen LogP contribution in [0.4, 0.5) is 10.5 Å². The van der Waals surface area contributed by atoms with Crippen LogP contribution in [0.15, 0.2) is 52.0 Å². The van der Waals surface area contributed by atoms with E-state index in [1.807, 2.05) is 49.4 Å². The normalized spacial score (nSPS) is 17.2. The molecule has 1 atom stereocenters. The summed E-state index contributed by atoms with van der Waals surface area (Å²) < 4.78 is 0.958. The predicted molar refractivity (Wildman–Crippen MR) is 95.2 cm³/mol. The van der Waals surface area contributed by atoms with Gasteiger partial charge in [0.2, 0.25) is 0 Å². The average molecular weight is 373 g/mol. The van der Waals surface area contributed by atoms with E-state index in [0.29, 0.717) is 17.8 Å². The SMILES string of the molecule is CC1Cc2ccc(Br)cc2C(c2ccc(N)cc2)=NN1C(N)=O. The van der Waals surface area contributed by atoms with Crippen LogP contribution in [0.5, 0.6) is 0 Å². The third-order valence-electron chi connectivity index (χ3n) is 3.88. The molecule has 0 saturated carbocycles. The summed E-state index contributed by atoms with van der Waals surface area (Å²) in [6.45, 7) is 1.94. The van der Waals surface area contributed by atoms with Gasteiger partial charge in [-0.15, -0.1) is 0 Å². The third kappa shape index (κ3) is 3.07. The van der Waals surface area contributed by atoms with Gasteiger partial charge in [-0.2, -0.15) is 5.10 Å². The molecule has 118 valence electrons. The molecular weight excluding hydrogens is 356 g/mol. The number of benzene rings is 2. The van der Waals surface area contributed by atoms with E-state index < -0.39 is 6.03 Å².